The zero-order chi connectivity index (χ0) is 22.0. The quantitative estimate of drug-likeness (QED) is 0.461. The molecule has 0 atom stereocenters. The third-order valence-electron chi connectivity index (χ3n) is 4.62. The lowest BCUT2D eigenvalue weighted by Gasteiger charge is -2.25. The van der Waals surface area contributed by atoms with Gasteiger partial charge in [0.25, 0.3) is 0 Å². The number of amidine groups is 1. The van der Waals surface area contributed by atoms with Crippen molar-refractivity contribution in [1.82, 2.24) is 0 Å². The Hall–Kier alpha value is -3.47. The normalized spacial score (nSPS) is 13.1. The topological polar surface area (TPSA) is 71.0 Å². The number of halogens is 1. The summed E-state index contributed by atoms with van der Waals surface area (Å²) in [6.45, 7) is 0.291. The van der Waals surface area contributed by atoms with E-state index in [1.165, 1.54) is 16.6 Å². The second kappa shape index (κ2) is 8.34. The molecule has 1 N–H and O–H groups in total. The highest BCUT2D eigenvalue weighted by atomic mass is 35.5. The summed E-state index contributed by atoms with van der Waals surface area (Å²) in [6, 6.07) is 19.2. The summed E-state index contributed by atoms with van der Waals surface area (Å²) in [4.78, 5) is 4.75. The van der Waals surface area contributed by atoms with Crippen molar-refractivity contribution < 1.29 is 13.2 Å². The maximum Gasteiger partial charge on any atom is 0.175 e. The molecule has 6 nitrogen and oxygen atoms in total. The van der Waals surface area contributed by atoms with Gasteiger partial charge in [0.1, 0.15) is 24.0 Å². The van der Waals surface area contributed by atoms with Gasteiger partial charge in [-0.2, -0.15) is 0 Å². The van der Waals surface area contributed by atoms with Crippen molar-refractivity contribution in [2.45, 2.75) is 4.90 Å². The lowest BCUT2D eigenvalue weighted by molar-refractivity contribution is 0.482. The number of anilines is 2. The van der Waals surface area contributed by atoms with Crippen molar-refractivity contribution >= 4 is 38.8 Å². The number of rotatable bonds is 4. The SMILES string of the molecule is C#Cc1cccc(NC2=NCN(Cl)c3ccc(Oc4ccc(S(C)(=O)=O)cc4)cc32)c1. The van der Waals surface area contributed by atoms with Gasteiger partial charge in [-0.05, 0) is 60.7 Å². The van der Waals surface area contributed by atoms with Crippen LogP contribution in [0, 0.1) is 12.3 Å². The maximum atomic E-state index is 11.6. The highest BCUT2D eigenvalue weighted by Gasteiger charge is 2.20. The standard InChI is InChI=1S/C23H18ClN3O3S/c1-3-16-5-4-6-17(13-16)26-23-21-14-19(9-12-22(21)27(24)15-25-23)30-18-7-10-20(11-8-18)31(2,28)29/h1,4-14H,15H2,2H3,(H,25,26). The summed E-state index contributed by atoms with van der Waals surface area (Å²) in [5, 5.41) is 3.29. The van der Waals surface area contributed by atoms with Gasteiger partial charge in [0, 0.05) is 34.8 Å². The molecular weight excluding hydrogens is 434 g/mol. The zero-order valence-corrected chi connectivity index (χ0v) is 18.1. The van der Waals surface area contributed by atoms with Gasteiger partial charge in [-0.1, -0.05) is 12.0 Å². The Morgan fingerprint density at radius 2 is 1.84 bits per heavy atom. The number of fused-ring (bicyclic) bond motifs is 1. The molecule has 1 aliphatic heterocycles. The van der Waals surface area contributed by atoms with Crippen LogP contribution < -0.4 is 14.5 Å². The molecule has 1 heterocycles. The maximum absolute atomic E-state index is 11.6. The minimum Gasteiger partial charge on any atom is -0.457 e. The highest BCUT2D eigenvalue weighted by Crippen LogP contribution is 2.33. The van der Waals surface area contributed by atoms with E-state index in [0.29, 0.717) is 24.0 Å². The molecular formula is C23H18ClN3O3S. The van der Waals surface area contributed by atoms with Crippen molar-refractivity contribution in [3.05, 3.63) is 77.9 Å². The van der Waals surface area contributed by atoms with E-state index in [9.17, 15) is 8.42 Å². The van der Waals surface area contributed by atoms with Gasteiger partial charge in [0.05, 0.1) is 10.6 Å². The summed E-state index contributed by atoms with van der Waals surface area (Å²) >= 11 is 6.31. The Balaban J connectivity index is 1.62. The van der Waals surface area contributed by atoms with Gasteiger partial charge >= 0.3 is 0 Å². The first-order valence-electron chi connectivity index (χ1n) is 9.27. The number of nitrogens with one attached hydrogen (secondary N) is 1. The minimum absolute atomic E-state index is 0.232. The third-order valence-corrected chi connectivity index (χ3v) is 6.03. The molecule has 8 heteroatoms. The van der Waals surface area contributed by atoms with Gasteiger partial charge in [-0.3, -0.25) is 4.42 Å². The van der Waals surface area contributed by atoms with Crippen LogP contribution in [0.4, 0.5) is 11.4 Å². The van der Waals surface area contributed by atoms with Crippen LogP contribution >= 0.6 is 11.8 Å². The van der Waals surface area contributed by atoms with E-state index >= 15 is 0 Å². The van der Waals surface area contributed by atoms with Crippen LogP contribution in [-0.4, -0.2) is 27.2 Å². The van der Waals surface area contributed by atoms with Gasteiger partial charge in [-0.15, -0.1) is 6.42 Å². The average Bonchev–Trinajstić information content (AvgIpc) is 2.76. The van der Waals surface area contributed by atoms with Crippen LogP contribution in [0.3, 0.4) is 0 Å². The minimum atomic E-state index is -3.26. The van der Waals surface area contributed by atoms with Crippen LogP contribution in [0.1, 0.15) is 11.1 Å². The lowest BCUT2D eigenvalue weighted by atomic mass is 10.1. The van der Waals surface area contributed by atoms with E-state index < -0.39 is 9.84 Å². The fraction of sp³-hybridized carbons (Fsp3) is 0.0870. The molecule has 31 heavy (non-hydrogen) atoms. The number of ether oxygens (including phenoxy) is 1. The Kier molecular flexibility index (Phi) is 5.59. The number of hydrogen-bond donors (Lipinski definition) is 1. The smallest absolute Gasteiger partial charge is 0.175 e. The molecule has 1 aliphatic rings. The number of sulfone groups is 1. The van der Waals surface area contributed by atoms with E-state index in [1.807, 2.05) is 36.4 Å². The monoisotopic (exact) mass is 451 g/mol. The summed E-state index contributed by atoms with van der Waals surface area (Å²) in [5.74, 6) is 4.32. The molecule has 3 aromatic carbocycles. The van der Waals surface area contributed by atoms with Crippen LogP contribution in [0.25, 0.3) is 0 Å². The highest BCUT2D eigenvalue weighted by molar-refractivity contribution is 7.90. The van der Waals surface area contributed by atoms with Gasteiger partial charge in [-0.25, -0.2) is 13.4 Å². The van der Waals surface area contributed by atoms with Crippen molar-refractivity contribution in [2.75, 3.05) is 22.7 Å². The molecule has 0 fully saturated rings. The fourth-order valence-electron chi connectivity index (χ4n) is 3.10. The third kappa shape index (κ3) is 4.66. The number of nitrogens with zero attached hydrogens (tertiary/aromatic N) is 2. The van der Waals surface area contributed by atoms with Crippen molar-refractivity contribution in [3.63, 3.8) is 0 Å². The molecule has 0 amide bonds. The first-order valence-corrected chi connectivity index (χ1v) is 11.5. The Morgan fingerprint density at radius 3 is 2.55 bits per heavy atom. The van der Waals surface area contributed by atoms with E-state index in [0.717, 1.165) is 28.8 Å². The summed E-state index contributed by atoms with van der Waals surface area (Å²) in [7, 11) is -3.26. The Bertz CT molecular complexity index is 1310. The molecule has 0 spiro atoms. The van der Waals surface area contributed by atoms with E-state index in [4.69, 9.17) is 22.9 Å². The predicted molar refractivity (Wildman–Crippen MR) is 124 cm³/mol. The second-order valence-electron chi connectivity index (χ2n) is 6.89. The molecule has 156 valence electrons. The molecule has 0 aromatic heterocycles. The van der Waals surface area contributed by atoms with Crippen molar-refractivity contribution in [3.8, 4) is 23.8 Å². The lowest BCUT2D eigenvalue weighted by Crippen LogP contribution is -2.26. The summed E-state index contributed by atoms with van der Waals surface area (Å²) in [5.41, 5.74) is 3.12. The van der Waals surface area contributed by atoms with E-state index in [1.54, 1.807) is 18.2 Å². The van der Waals surface area contributed by atoms with Gasteiger partial charge in [0.15, 0.2) is 9.84 Å². The van der Waals surface area contributed by atoms with Crippen LogP contribution in [0.2, 0.25) is 0 Å². The predicted octanol–water partition coefficient (Wildman–Crippen LogP) is 4.65. The molecule has 0 unspecified atom stereocenters. The first kappa shape index (κ1) is 20.8. The molecule has 4 rings (SSSR count). The van der Waals surface area contributed by atoms with E-state index in [-0.39, 0.29) is 4.90 Å². The van der Waals surface area contributed by atoms with Gasteiger partial charge in [0.2, 0.25) is 0 Å². The second-order valence-corrected chi connectivity index (χ2v) is 9.31. The molecule has 0 bridgehead atoms. The molecule has 0 aliphatic carbocycles. The fourth-order valence-corrected chi connectivity index (χ4v) is 3.93. The van der Waals surface area contributed by atoms with Crippen LogP contribution in [-0.2, 0) is 9.84 Å². The molecule has 0 radical (unpaired) electrons. The van der Waals surface area contributed by atoms with Crippen molar-refractivity contribution in [1.29, 1.82) is 0 Å². The molecule has 0 saturated carbocycles. The number of benzene rings is 3. The average molecular weight is 452 g/mol. The van der Waals surface area contributed by atoms with Crippen LogP contribution in [0.5, 0.6) is 11.5 Å². The number of aliphatic imine (C=N–C) groups is 1. The van der Waals surface area contributed by atoms with Crippen LogP contribution in [0.15, 0.2) is 76.6 Å². The number of hydrogen-bond acceptors (Lipinski definition) is 6. The molecule has 0 saturated heterocycles. The largest absolute Gasteiger partial charge is 0.457 e. The Morgan fingerprint density at radius 1 is 1.10 bits per heavy atom. The first-order chi connectivity index (χ1) is 14.8. The summed E-state index contributed by atoms with van der Waals surface area (Å²) in [6.07, 6.45) is 6.65. The van der Waals surface area contributed by atoms with E-state index in [2.05, 4.69) is 16.2 Å². The Labute approximate surface area is 186 Å². The van der Waals surface area contributed by atoms with Crippen molar-refractivity contribution in [2.24, 2.45) is 4.99 Å². The summed E-state index contributed by atoms with van der Waals surface area (Å²) < 4.78 is 30.7. The zero-order valence-electron chi connectivity index (χ0n) is 16.5. The number of terminal acetylenes is 1. The van der Waals surface area contributed by atoms with Gasteiger partial charge < -0.3 is 10.1 Å². The molecule has 3 aromatic rings.